The van der Waals surface area contributed by atoms with Gasteiger partial charge < -0.3 is 20.3 Å². The maximum Gasteiger partial charge on any atom is 0.408 e. The third-order valence-corrected chi connectivity index (χ3v) is 7.76. The van der Waals surface area contributed by atoms with Crippen molar-refractivity contribution in [2.45, 2.75) is 96.2 Å². The first kappa shape index (κ1) is 34.4. The Kier molecular flexibility index (Phi) is 15.5. The molecule has 10 nitrogen and oxygen atoms in total. The zero-order valence-electron chi connectivity index (χ0n) is 25.0. The molecule has 2 atom stereocenters. The zero-order chi connectivity index (χ0) is 30.2. The van der Waals surface area contributed by atoms with Crippen LogP contribution in [0, 0.1) is 5.92 Å². The molecule has 1 saturated carbocycles. The van der Waals surface area contributed by atoms with Gasteiger partial charge in [-0.1, -0.05) is 75.6 Å². The first-order valence-electron chi connectivity index (χ1n) is 14.7. The van der Waals surface area contributed by atoms with E-state index in [0.29, 0.717) is 18.0 Å². The van der Waals surface area contributed by atoms with Gasteiger partial charge in [-0.2, -0.15) is 0 Å². The van der Waals surface area contributed by atoms with Gasteiger partial charge in [0.25, 0.3) is 5.91 Å². The van der Waals surface area contributed by atoms with E-state index >= 15 is 0 Å². The zero-order valence-corrected chi connectivity index (χ0v) is 25.7. The van der Waals surface area contributed by atoms with Crippen LogP contribution in [0.5, 0.6) is 0 Å². The normalized spacial score (nSPS) is 15.0. The standard InChI is InChI=1S/C30H47ClN4O6/c1-5-6-10-18-34(2)27(36)17-16-25(29(38)35(3)40-4)32-28(37)26(20-22-12-8-7-9-13-22)33-30(39)41-21-23-14-11-15-24(31)19-23/h11,14-15,19,22,25-26H,5-10,12-13,16-18,20-21H2,1-4H3,(H,32,37)(H,33,39). The number of nitrogens with one attached hydrogen (secondary N) is 2. The molecule has 2 unspecified atom stereocenters. The van der Waals surface area contributed by atoms with Crippen molar-refractivity contribution in [3.8, 4) is 0 Å². The third-order valence-electron chi connectivity index (χ3n) is 7.53. The van der Waals surface area contributed by atoms with Crippen molar-refractivity contribution < 1.29 is 28.8 Å². The molecule has 0 bridgehead atoms. The van der Waals surface area contributed by atoms with Crippen LogP contribution >= 0.6 is 11.6 Å². The number of likely N-dealkylation sites (N-methyl/N-ethyl adjacent to an activating group) is 1. The molecular weight excluding hydrogens is 548 g/mol. The number of alkyl carbamates (subject to hydrolysis) is 1. The average molecular weight is 595 g/mol. The molecular formula is C30H47ClN4O6. The third kappa shape index (κ3) is 12.7. The van der Waals surface area contributed by atoms with Crippen LogP contribution in [0.15, 0.2) is 24.3 Å². The maximum absolute atomic E-state index is 13.5. The van der Waals surface area contributed by atoms with E-state index in [1.165, 1.54) is 14.2 Å². The van der Waals surface area contributed by atoms with Gasteiger partial charge in [-0.3, -0.25) is 19.2 Å². The van der Waals surface area contributed by atoms with Gasteiger partial charge >= 0.3 is 6.09 Å². The smallest absolute Gasteiger partial charge is 0.408 e. The van der Waals surface area contributed by atoms with E-state index in [4.69, 9.17) is 21.2 Å². The van der Waals surface area contributed by atoms with Gasteiger partial charge in [0.15, 0.2) is 0 Å². The molecule has 1 aromatic rings. The molecule has 0 radical (unpaired) electrons. The van der Waals surface area contributed by atoms with Crippen LogP contribution in [0.4, 0.5) is 4.79 Å². The SMILES string of the molecule is CCCCCN(C)C(=O)CCC(NC(=O)C(CC1CCCCC1)NC(=O)OCc1cccc(Cl)c1)C(=O)N(C)OC. The van der Waals surface area contributed by atoms with Crippen molar-refractivity contribution in [1.29, 1.82) is 0 Å². The summed E-state index contributed by atoms with van der Waals surface area (Å²) in [5.41, 5.74) is 0.721. The quantitative estimate of drug-likeness (QED) is 0.209. The fourth-order valence-electron chi connectivity index (χ4n) is 4.97. The van der Waals surface area contributed by atoms with E-state index < -0.39 is 30.0 Å². The monoisotopic (exact) mass is 594 g/mol. The first-order valence-corrected chi connectivity index (χ1v) is 15.1. The summed E-state index contributed by atoms with van der Waals surface area (Å²) >= 11 is 6.02. The number of nitrogens with zero attached hydrogens (tertiary/aromatic N) is 2. The predicted molar refractivity (Wildman–Crippen MR) is 158 cm³/mol. The summed E-state index contributed by atoms with van der Waals surface area (Å²) in [5.74, 6) is -0.819. The van der Waals surface area contributed by atoms with Gasteiger partial charge in [-0.25, -0.2) is 9.86 Å². The summed E-state index contributed by atoms with van der Waals surface area (Å²) in [6, 6.07) is 5.08. The van der Waals surface area contributed by atoms with Gasteiger partial charge in [-0.05, 0) is 42.9 Å². The molecule has 2 rings (SSSR count). The lowest BCUT2D eigenvalue weighted by molar-refractivity contribution is -0.172. The second-order valence-electron chi connectivity index (χ2n) is 10.8. The molecule has 1 aromatic carbocycles. The summed E-state index contributed by atoms with van der Waals surface area (Å²) < 4.78 is 5.37. The predicted octanol–water partition coefficient (Wildman–Crippen LogP) is 4.84. The summed E-state index contributed by atoms with van der Waals surface area (Å²) in [5, 5.41) is 7.06. The summed E-state index contributed by atoms with van der Waals surface area (Å²) in [6.07, 6.45) is 8.12. The molecule has 0 saturated heterocycles. The minimum absolute atomic E-state index is 0.00219. The minimum atomic E-state index is -1.00. The van der Waals surface area contributed by atoms with Crippen molar-refractivity contribution in [3.63, 3.8) is 0 Å². The van der Waals surface area contributed by atoms with Crippen LogP contribution in [0.3, 0.4) is 0 Å². The van der Waals surface area contributed by atoms with Crippen LogP contribution in [0.1, 0.15) is 83.1 Å². The van der Waals surface area contributed by atoms with Crippen LogP contribution in [-0.2, 0) is 30.6 Å². The van der Waals surface area contributed by atoms with E-state index in [0.717, 1.165) is 62.0 Å². The van der Waals surface area contributed by atoms with E-state index in [9.17, 15) is 19.2 Å². The number of unbranched alkanes of at least 4 members (excludes halogenated alkanes) is 2. The maximum atomic E-state index is 13.5. The molecule has 41 heavy (non-hydrogen) atoms. The molecule has 1 fully saturated rings. The number of carbonyl (C=O) groups excluding carboxylic acids is 4. The molecule has 230 valence electrons. The van der Waals surface area contributed by atoms with Gasteiger partial charge in [-0.15, -0.1) is 0 Å². The summed E-state index contributed by atoms with van der Waals surface area (Å²) in [6.45, 7) is 2.74. The molecule has 1 aliphatic carbocycles. The van der Waals surface area contributed by atoms with Crippen LogP contribution < -0.4 is 10.6 Å². The average Bonchev–Trinajstić information content (AvgIpc) is 2.97. The van der Waals surface area contributed by atoms with Crippen molar-refractivity contribution >= 4 is 35.4 Å². The van der Waals surface area contributed by atoms with Gasteiger partial charge in [0, 0.05) is 32.1 Å². The number of amides is 4. The number of hydrogen-bond acceptors (Lipinski definition) is 6. The molecule has 0 spiro atoms. The lowest BCUT2D eigenvalue weighted by Gasteiger charge is -2.29. The Morgan fingerprint density at radius 3 is 2.44 bits per heavy atom. The Hall–Kier alpha value is -2.85. The lowest BCUT2D eigenvalue weighted by atomic mass is 9.84. The minimum Gasteiger partial charge on any atom is -0.445 e. The van der Waals surface area contributed by atoms with Gasteiger partial charge in [0.2, 0.25) is 11.8 Å². The Morgan fingerprint density at radius 2 is 1.78 bits per heavy atom. The van der Waals surface area contributed by atoms with Crippen LogP contribution in [-0.4, -0.2) is 73.6 Å². The molecule has 1 aliphatic rings. The second-order valence-corrected chi connectivity index (χ2v) is 11.2. The number of halogens is 1. The Balaban J connectivity index is 2.09. The molecule has 4 amide bonds. The largest absolute Gasteiger partial charge is 0.445 e. The van der Waals surface area contributed by atoms with E-state index in [1.54, 1.807) is 36.2 Å². The lowest BCUT2D eigenvalue weighted by Crippen LogP contribution is -2.54. The number of benzene rings is 1. The highest BCUT2D eigenvalue weighted by atomic mass is 35.5. The van der Waals surface area contributed by atoms with E-state index in [-0.39, 0.29) is 31.3 Å². The number of hydrogen-bond donors (Lipinski definition) is 2. The molecule has 0 aliphatic heterocycles. The molecule has 11 heteroatoms. The van der Waals surface area contributed by atoms with Crippen LogP contribution in [0.2, 0.25) is 5.02 Å². The second kappa shape index (κ2) is 18.6. The number of carbonyl (C=O) groups is 4. The number of ether oxygens (including phenoxy) is 1. The highest BCUT2D eigenvalue weighted by Gasteiger charge is 2.31. The molecule has 0 heterocycles. The van der Waals surface area contributed by atoms with E-state index in [1.807, 2.05) is 0 Å². The van der Waals surface area contributed by atoms with E-state index in [2.05, 4.69) is 17.6 Å². The number of rotatable bonds is 16. The first-order chi connectivity index (χ1) is 19.6. The highest BCUT2D eigenvalue weighted by Crippen LogP contribution is 2.27. The van der Waals surface area contributed by atoms with Crippen molar-refractivity contribution in [2.75, 3.05) is 27.7 Å². The molecule has 0 aromatic heterocycles. The van der Waals surface area contributed by atoms with Crippen molar-refractivity contribution in [1.82, 2.24) is 20.6 Å². The van der Waals surface area contributed by atoms with Gasteiger partial charge in [0.1, 0.15) is 18.7 Å². The summed E-state index contributed by atoms with van der Waals surface area (Å²) in [7, 11) is 4.55. The fraction of sp³-hybridized carbons (Fsp3) is 0.667. The summed E-state index contributed by atoms with van der Waals surface area (Å²) in [4.78, 5) is 58.8. The Bertz CT molecular complexity index is 987. The Labute approximate surface area is 249 Å². The van der Waals surface area contributed by atoms with Crippen LogP contribution in [0.25, 0.3) is 0 Å². The van der Waals surface area contributed by atoms with Crippen molar-refractivity contribution in [2.24, 2.45) is 5.92 Å². The van der Waals surface area contributed by atoms with Crippen molar-refractivity contribution in [3.05, 3.63) is 34.9 Å². The highest BCUT2D eigenvalue weighted by molar-refractivity contribution is 6.30. The fourth-order valence-corrected chi connectivity index (χ4v) is 5.18. The Morgan fingerprint density at radius 1 is 1.05 bits per heavy atom. The number of hydroxylamine groups is 2. The topological polar surface area (TPSA) is 117 Å². The molecule has 2 N–H and O–H groups in total. The van der Waals surface area contributed by atoms with Gasteiger partial charge in [0.05, 0.1) is 7.11 Å².